The van der Waals surface area contributed by atoms with Gasteiger partial charge in [0.05, 0.1) is 13.2 Å². The second kappa shape index (κ2) is 1.56. The molecule has 1 heterocycles. The van der Waals surface area contributed by atoms with Gasteiger partial charge in [0, 0.05) is 6.42 Å². The fraction of sp³-hybridized carbons (Fsp3) is 0.750. The van der Waals surface area contributed by atoms with E-state index >= 15 is 0 Å². The van der Waals surface area contributed by atoms with Crippen molar-refractivity contribution in [1.82, 2.24) is 0 Å². The third kappa shape index (κ3) is 0.684. The highest BCUT2D eigenvalue weighted by molar-refractivity contribution is 4.80. The summed E-state index contributed by atoms with van der Waals surface area (Å²) in [7, 11) is 0. The molecule has 0 bridgehead atoms. The molecule has 0 amide bonds. The Labute approximate surface area is 36.1 Å². The minimum Gasteiger partial charge on any atom is -0.378 e. The molecule has 0 unspecified atom stereocenters. The summed E-state index contributed by atoms with van der Waals surface area (Å²) in [5, 5.41) is 0. The minimum absolute atomic E-state index is 0.264. The molecule has 1 atom stereocenters. The van der Waals surface area contributed by atoms with E-state index in [-0.39, 0.29) is 6.61 Å². The van der Waals surface area contributed by atoms with Gasteiger partial charge < -0.3 is 4.74 Å². The molecule has 0 aromatic rings. The topological polar surface area (TPSA) is 9.23 Å². The minimum atomic E-state index is -0.801. The summed E-state index contributed by atoms with van der Waals surface area (Å²) < 4.78 is 16.4. The Morgan fingerprint density at radius 3 is 2.83 bits per heavy atom. The van der Waals surface area contributed by atoms with Crippen LogP contribution < -0.4 is 0 Å². The first kappa shape index (κ1) is 4.06. The molecule has 1 fully saturated rings. The van der Waals surface area contributed by atoms with Crippen LogP contribution in [0.25, 0.3) is 0 Å². The molecule has 0 N–H and O–H groups in total. The molecule has 1 rings (SSSR count). The molecule has 0 spiro atoms. The number of hydrogen-bond donors (Lipinski definition) is 0. The van der Waals surface area contributed by atoms with Gasteiger partial charge in [0.15, 0.2) is 0 Å². The van der Waals surface area contributed by atoms with E-state index in [9.17, 15) is 4.39 Å². The second-order valence-corrected chi connectivity index (χ2v) is 1.29. The smallest absolute Gasteiger partial charge is 0.129 e. The Balaban J connectivity index is 2.18. The molecule has 1 nitrogen and oxygen atoms in total. The zero-order chi connectivity index (χ0) is 4.41. The number of halogens is 1. The lowest BCUT2D eigenvalue weighted by atomic mass is 10.4. The van der Waals surface area contributed by atoms with Crippen molar-refractivity contribution in [2.45, 2.75) is 6.17 Å². The summed E-state index contributed by atoms with van der Waals surface area (Å²) in [4.78, 5) is 0. The van der Waals surface area contributed by atoms with Gasteiger partial charge in [0.2, 0.25) is 0 Å². The van der Waals surface area contributed by atoms with E-state index in [1.54, 1.807) is 0 Å². The molecule has 35 valence electrons. The molecule has 1 radical (unpaired) electrons. The molecular weight excluding hydrogens is 83.0 g/mol. The van der Waals surface area contributed by atoms with Crippen LogP contribution in [0.15, 0.2) is 0 Å². The van der Waals surface area contributed by atoms with Crippen LogP contribution in [0.4, 0.5) is 4.39 Å². The summed E-state index contributed by atoms with van der Waals surface area (Å²) >= 11 is 0. The van der Waals surface area contributed by atoms with Crippen LogP contribution in [0, 0.1) is 6.42 Å². The molecule has 1 aliphatic rings. The van der Waals surface area contributed by atoms with Gasteiger partial charge in [-0.1, -0.05) is 0 Å². The molecular formula is C4H6FO. The fourth-order valence-corrected chi connectivity index (χ4v) is 0.421. The summed E-state index contributed by atoms with van der Waals surface area (Å²) in [6.45, 7) is 0.751. The average Bonchev–Trinajstić information content (AvgIpc) is 1.86. The molecule has 0 aliphatic carbocycles. The van der Waals surface area contributed by atoms with Crippen molar-refractivity contribution in [3.05, 3.63) is 6.42 Å². The standard InChI is InChI=1S/C4H6FO/c5-4-1-2-6-3-4/h1,4H,2-3H2/t4-/m0/s1. The lowest BCUT2D eigenvalue weighted by molar-refractivity contribution is 0.173. The first-order chi connectivity index (χ1) is 2.89. The fourth-order valence-electron chi connectivity index (χ4n) is 0.421. The summed E-state index contributed by atoms with van der Waals surface area (Å²) in [6, 6.07) is 0. The third-order valence-electron chi connectivity index (χ3n) is 0.747. The normalized spacial score (nSPS) is 34.5. The van der Waals surface area contributed by atoms with Crippen LogP contribution >= 0.6 is 0 Å². The van der Waals surface area contributed by atoms with Crippen LogP contribution in [-0.4, -0.2) is 19.4 Å². The molecule has 1 aliphatic heterocycles. The highest BCUT2D eigenvalue weighted by Gasteiger charge is 2.12. The number of alkyl halides is 1. The SMILES string of the molecule is F[C@H]1[CH]COC1. The number of hydrogen-bond acceptors (Lipinski definition) is 1. The molecule has 0 saturated carbocycles. The molecule has 6 heavy (non-hydrogen) atoms. The quantitative estimate of drug-likeness (QED) is 0.421. The van der Waals surface area contributed by atoms with E-state index in [0.29, 0.717) is 6.61 Å². The second-order valence-electron chi connectivity index (χ2n) is 1.29. The van der Waals surface area contributed by atoms with E-state index in [1.165, 1.54) is 6.42 Å². The Hall–Kier alpha value is -0.110. The Morgan fingerprint density at radius 1 is 1.83 bits per heavy atom. The number of rotatable bonds is 0. The van der Waals surface area contributed by atoms with E-state index in [4.69, 9.17) is 0 Å². The molecule has 0 aromatic carbocycles. The third-order valence-corrected chi connectivity index (χ3v) is 0.747. The van der Waals surface area contributed by atoms with Gasteiger partial charge in [-0.05, 0) is 0 Å². The largest absolute Gasteiger partial charge is 0.378 e. The van der Waals surface area contributed by atoms with Crippen molar-refractivity contribution < 1.29 is 9.13 Å². The molecule has 1 saturated heterocycles. The first-order valence-electron chi connectivity index (χ1n) is 1.95. The van der Waals surface area contributed by atoms with Crippen molar-refractivity contribution in [3.8, 4) is 0 Å². The highest BCUT2D eigenvalue weighted by Crippen LogP contribution is 2.04. The van der Waals surface area contributed by atoms with Crippen molar-refractivity contribution in [1.29, 1.82) is 0 Å². The predicted octanol–water partition coefficient (Wildman–Crippen LogP) is 0.559. The van der Waals surface area contributed by atoms with Crippen molar-refractivity contribution >= 4 is 0 Å². The average molecular weight is 89.1 g/mol. The summed E-state index contributed by atoms with van der Waals surface area (Å²) in [5.41, 5.74) is 0. The monoisotopic (exact) mass is 89.0 g/mol. The van der Waals surface area contributed by atoms with Gasteiger partial charge in [-0.2, -0.15) is 0 Å². The van der Waals surface area contributed by atoms with Gasteiger partial charge in [-0.25, -0.2) is 4.39 Å². The zero-order valence-corrected chi connectivity index (χ0v) is 3.36. The highest BCUT2D eigenvalue weighted by atomic mass is 19.1. The maximum atomic E-state index is 11.7. The van der Waals surface area contributed by atoms with Crippen LogP contribution in [0.3, 0.4) is 0 Å². The van der Waals surface area contributed by atoms with E-state index in [0.717, 1.165) is 0 Å². The lowest BCUT2D eigenvalue weighted by Crippen LogP contribution is -1.95. The van der Waals surface area contributed by atoms with Gasteiger partial charge in [-0.15, -0.1) is 0 Å². The van der Waals surface area contributed by atoms with Gasteiger partial charge >= 0.3 is 0 Å². The lowest BCUT2D eigenvalue weighted by Gasteiger charge is -1.84. The Bertz CT molecular complexity index is 40.8. The van der Waals surface area contributed by atoms with Gasteiger partial charge in [-0.3, -0.25) is 0 Å². The molecule has 0 aromatic heterocycles. The van der Waals surface area contributed by atoms with Crippen LogP contribution in [-0.2, 0) is 4.74 Å². The number of ether oxygens (including phenoxy) is 1. The maximum Gasteiger partial charge on any atom is 0.129 e. The summed E-state index contributed by atoms with van der Waals surface area (Å²) in [6.07, 6.45) is 0.713. The van der Waals surface area contributed by atoms with E-state index in [2.05, 4.69) is 4.74 Å². The Morgan fingerprint density at radius 2 is 2.67 bits per heavy atom. The Kier molecular flexibility index (Phi) is 1.05. The maximum absolute atomic E-state index is 11.7. The van der Waals surface area contributed by atoms with Crippen LogP contribution in [0.1, 0.15) is 0 Å². The van der Waals surface area contributed by atoms with Crippen molar-refractivity contribution in [2.75, 3.05) is 13.2 Å². The first-order valence-corrected chi connectivity index (χ1v) is 1.95. The summed E-state index contributed by atoms with van der Waals surface area (Å²) in [5.74, 6) is 0. The van der Waals surface area contributed by atoms with Crippen LogP contribution in [0.5, 0.6) is 0 Å². The van der Waals surface area contributed by atoms with Gasteiger partial charge in [0.1, 0.15) is 6.17 Å². The van der Waals surface area contributed by atoms with E-state index in [1.807, 2.05) is 0 Å². The molecule has 2 heteroatoms. The van der Waals surface area contributed by atoms with E-state index < -0.39 is 6.17 Å². The van der Waals surface area contributed by atoms with Crippen LogP contribution in [0.2, 0.25) is 0 Å². The predicted molar refractivity (Wildman–Crippen MR) is 20.0 cm³/mol. The van der Waals surface area contributed by atoms with Crippen molar-refractivity contribution in [3.63, 3.8) is 0 Å². The van der Waals surface area contributed by atoms with Gasteiger partial charge in [0.25, 0.3) is 0 Å². The zero-order valence-electron chi connectivity index (χ0n) is 3.36. The van der Waals surface area contributed by atoms with Crippen molar-refractivity contribution in [2.24, 2.45) is 0 Å².